The van der Waals surface area contributed by atoms with E-state index in [1.807, 2.05) is 20.9 Å². The molecule has 0 unspecified atom stereocenters. The molecule has 7 heteroatoms. The van der Waals surface area contributed by atoms with Gasteiger partial charge >= 0.3 is 0 Å². The number of carbonyl (C=O) groups is 1. The molecule has 0 atom stereocenters. The van der Waals surface area contributed by atoms with Crippen LogP contribution in [0.1, 0.15) is 29.9 Å². The van der Waals surface area contributed by atoms with Crippen LogP contribution in [0.2, 0.25) is 0 Å². The molecule has 0 aliphatic rings. The summed E-state index contributed by atoms with van der Waals surface area (Å²) in [6.07, 6.45) is 1.72. The summed E-state index contributed by atoms with van der Waals surface area (Å²) in [5, 5.41) is 4.17. The molecule has 2 aromatic rings. The Labute approximate surface area is 150 Å². The standard InChI is InChI=1S/C17H22BrN3O3/c1-5-23-15-8-7-12(9-16(15)24-6-2)17(22)20(3)11-14-13(18)10-19-21(14)4/h7-10H,5-6,11H2,1-4H3. The van der Waals surface area contributed by atoms with Crippen LogP contribution in [0.25, 0.3) is 0 Å². The molecule has 2 rings (SSSR count). The normalized spacial score (nSPS) is 10.5. The number of ether oxygens (including phenoxy) is 2. The molecule has 0 aliphatic heterocycles. The van der Waals surface area contributed by atoms with Gasteiger partial charge in [-0.05, 0) is 48.0 Å². The summed E-state index contributed by atoms with van der Waals surface area (Å²) in [7, 11) is 3.61. The molecule has 24 heavy (non-hydrogen) atoms. The summed E-state index contributed by atoms with van der Waals surface area (Å²) in [5.41, 5.74) is 1.49. The van der Waals surface area contributed by atoms with Gasteiger partial charge in [-0.2, -0.15) is 5.10 Å². The molecular formula is C17H22BrN3O3. The zero-order valence-corrected chi connectivity index (χ0v) is 16.0. The lowest BCUT2D eigenvalue weighted by Gasteiger charge is -2.19. The molecule has 0 N–H and O–H groups in total. The maximum absolute atomic E-state index is 12.7. The van der Waals surface area contributed by atoms with E-state index >= 15 is 0 Å². The van der Waals surface area contributed by atoms with E-state index in [2.05, 4.69) is 21.0 Å². The summed E-state index contributed by atoms with van der Waals surface area (Å²) >= 11 is 3.45. The van der Waals surface area contributed by atoms with E-state index in [9.17, 15) is 4.79 Å². The van der Waals surface area contributed by atoms with Crippen molar-refractivity contribution in [2.45, 2.75) is 20.4 Å². The second kappa shape index (κ2) is 8.19. The highest BCUT2D eigenvalue weighted by Gasteiger charge is 2.17. The number of hydrogen-bond acceptors (Lipinski definition) is 4. The number of aryl methyl sites for hydroxylation is 1. The van der Waals surface area contributed by atoms with Gasteiger partial charge in [-0.15, -0.1) is 0 Å². The average molecular weight is 396 g/mol. The summed E-state index contributed by atoms with van der Waals surface area (Å²) in [6, 6.07) is 5.26. The van der Waals surface area contributed by atoms with E-state index in [0.717, 1.165) is 10.2 Å². The van der Waals surface area contributed by atoms with Gasteiger partial charge < -0.3 is 14.4 Å². The van der Waals surface area contributed by atoms with Gasteiger partial charge in [-0.1, -0.05) is 0 Å². The molecule has 0 saturated carbocycles. The second-order valence-electron chi connectivity index (χ2n) is 5.25. The third-order valence-corrected chi connectivity index (χ3v) is 4.20. The Morgan fingerprint density at radius 3 is 2.50 bits per heavy atom. The molecule has 1 heterocycles. The van der Waals surface area contributed by atoms with Gasteiger partial charge in [-0.25, -0.2) is 0 Å². The summed E-state index contributed by atoms with van der Waals surface area (Å²) in [4.78, 5) is 14.3. The molecule has 1 amide bonds. The zero-order chi connectivity index (χ0) is 17.7. The number of nitrogens with zero attached hydrogens (tertiary/aromatic N) is 3. The maximum atomic E-state index is 12.7. The Morgan fingerprint density at radius 2 is 1.92 bits per heavy atom. The van der Waals surface area contributed by atoms with Crippen LogP contribution in [0.15, 0.2) is 28.9 Å². The fourth-order valence-electron chi connectivity index (χ4n) is 2.31. The first-order valence-corrected chi connectivity index (χ1v) is 8.58. The third kappa shape index (κ3) is 4.08. The fraction of sp³-hybridized carbons (Fsp3) is 0.412. The SMILES string of the molecule is CCOc1ccc(C(=O)N(C)Cc2c(Br)cnn2C)cc1OCC. The maximum Gasteiger partial charge on any atom is 0.254 e. The minimum atomic E-state index is -0.0906. The molecule has 1 aromatic carbocycles. The van der Waals surface area contributed by atoms with Gasteiger partial charge in [0, 0.05) is 19.7 Å². The number of aromatic nitrogens is 2. The Morgan fingerprint density at radius 1 is 1.25 bits per heavy atom. The Kier molecular flexibility index (Phi) is 6.25. The van der Waals surface area contributed by atoms with Crippen molar-refractivity contribution in [2.24, 2.45) is 7.05 Å². The lowest BCUT2D eigenvalue weighted by atomic mass is 10.1. The van der Waals surface area contributed by atoms with Crippen molar-refractivity contribution in [2.75, 3.05) is 20.3 Å². The number of rotatable bonds is 7. The van der Waals surface area contributed by atoms with Gasteiger partial charge in [-0.3, -0.25) is 9.48 Å². The topological polar surface area (TPSA) is 56.6 Å². The van der Waals surface area contributed by atoms with Crippen molar-refractivity contribution < 1.29 is 14.3 Å². The Hall–Kier alpha value is -2.02. The average Bonchev–Trinajstić information content (AvgIpc) is 2.88. The van der Waals surface area contributed by atoms with E-state index in [1.54, 1.807) is 41.0 Å². The van der Waals surface area contributed by atoms with Crippen LogP contribution in [0.5, 0.6) is 11.5 Å². The molecule has 0 aliphatic carbocycles. The minimum Gasteiger partial charge on any atom is -0.490 e. The number of benzene rings is 1. The molecule has 1 aromatic heterocycles. The van der Waals surface area contributed by atoms with E-state index in [4.69, 9.17) is 9.47 Å². The highest BCUT2D eigenvalue weighted by atomic mass is 79.9. The molecular weight excluding hydrogens is 374 g/mol. The third-order valence-electron chi connectivity index (χ3n) is 3.53. The van der Waals surface area contributed by atoms with E-state index < -0.39 is 0 Å². The monoisotopic (exact) mass is 395 g/mol. The first-order chi connectivity index (χ1) is 11.5. The van der Waals surface area contributed by atoms with Gasteiger partial charge in [0.15, 0.2) is 11.5 Å². The highest BCUT2D eigenvalue weighted by Crippen LogP contribution is 2.29. The van der Waals surface area contributed by atoms with Crippen LogP contribution in [0.3, 0.4) is 0 Å². The van der Waals surface area contributed by atoms with Crippen LogP contribution >= 0.6 is 15.9 Å². The summed E-state index contributed by atoms with van der Waals surface area (Å²) in [6.45, 7) is 5.31. The van der Waals surface area contributed by atoms with Gasteiger partial charge in [0.25, 0.3) is 5.91 Å². The van der Waals surface area contributed by atoms with Crippen molar-refractivity contribution >= 4 is 21.8 Å². The van der Waals surface area contributed by atoms with Crippen LogP contribution in [0, 0.1) is 0 Å². The Balaban J connectivity index is 2.20. The van der Waals surface area contributed by atoms with Crippen LogP contribution in [-0.2, 0) is 13.6 Å². The number of amides is 1. The van der Waals surface area contributed by atoms with Crippen LogP contribution in [-0.4, -0.2) is 40.8 Å². The number of carbonyl (C=O) groups excluding carboxylic acids is 1. The molecule has 0 radical (unpaired) electrons. The lowest BCUT2D eigenvalue weighted by molar-refractivity contribution is 0.0781. The molecule has 0 bridgehead atoms. The lowest BCUT2D eigenvalue weighted by Crippen LogP contribution is -2.27. The summed E-state index contributed by atoms with van der Waals surface area (Å²) < 4.78 is 13.7. The van der Waals surface area contributed by atoms with Gasteiger partial charge in [0.05, 0.1) is 36.1 Å². The zero-order valence-electron chi connectivity index (χ0n) is 14.4. The highest BCUT2D eigenvalue weighted by molar-refractivity contribution is 9.10. The van der Waals surface area contributed by atoms with Gasteiger partial charge in [0.2, 0.25) is 0 Å². The molecule has 6 nitrogen and oxygen atoms in total. The van der Waals surface area contributed by atoms with Crippen molar-refractivity contribution in [1.29, 1.82) is 0 Å². The van der Waals surface area contributed by atoms with E-state index in [0.29, 0.717) is 36.8 Å². The van der Waals surface area contributed by atoms with Crippen molar-refractivity contribution in [3.05, 3.63) is 40.1 Å². The van der Waals surface area contributed by atoms with Crippen molar-refractivity contribution in [1.82, 2.24) is 14.7 Å². The molecule has 0 saturated heterocycles. The molecule has 0 fully saturated rings. The number of hydrogen-bond donors (Lipinski definition) is 0. The summed E-state index contributed by atoms with van der Waals surface area (Å²) in [5.74, 6) is 1.14. The predicted octanol–water partition coefficient (Wildman–Crippen LogP) is 3.25. The van der Waals surface area contributed by atoms with Crippen molar-refractivity contribution in [3.63, 3.8) is 0 Å². The number of halogens is 1. The quantitative estimate of drug-likeness (QED) is 0.721. The Bertz CT molecular complexity index is 696. The van der Waals surface area contributed by atoms with Crippen LogP contribution in [0.4, 0.5) is 0 Å². The largest absolute Gasteiger partial charge is 0.490 e. The second-order valence-corrected chi connectivity index (χ2v) is 6.11. The minimum absolute atomic E-state index is 0.0906. The van der Waals surface area contributed by atoms with Gasteiger partial charge in [0.1, 0.15) is 0 Å². The smallest absolute Gasteiger partial charge is 0.254 e. The molecule has 130 valence electrons. The first-order valence-electron chi connectivity index (χ1n) is 7.79. The van der Waals surface area contributed by atoms with E-state index in [-0.39, 0.29) is 5.91 Å². The predicted molar refractivity (Wildman–Crippen MR) is 95.5 cm³/mol. The molecule has 0 spiro atoms. The first kappa shape index (κ1) is 18.3. The fourth-order valence-corrected chi connectivity index (χ4v) is 2.79. The van der Waals surface area contributed by atoms with E-state index in [1.165, 1.54) is 0 Å². The van der Waals surface area contributed by atoms with Crippen molar-refractivity contribution in [3.8, 4) is 11.5 Å². The van der Waals surface area contributed by atoms with Crippen LogP contribution < -0.4 is 9.47 Å².